The highest BCUT2D eigenvalue weighted by Crippen LogP contribution is 2.29. The summed E-state index contributed by atoms with van der Waals surface area (Å²) in [7, 11) is 1.37. The number of fused-ring (bicyclic) bond motifs is 1. The van der Waals surface area contributed by atoms with Gasteiger partial charge in [-0.15, -0.1) is 0 Å². The van der Waals surface area contributed by atoms with Crippen LogP contribution in [0.25, 0.3) is 0 Å². The summed E-state index contributed by atoms with van der Waals surface area (Å²) in [5, 5.41) is 3.44. The molecule has 5 nitrogen and oxygen atoms in total. The number of benzene rings is 2. The standard InChI is InChI=1S/C19H18Cl2N2O3/c1-26-19(25)16-9-12-5-2-3-6-13(12)10-23(16)11-17(24)22-15-8-4-7-14(20)18(15)21/h2-8,16H,9-11H2,1H3,(H,22,24)/p+1/t16-/m1/s1. The van der Waals surface area contributed by atoms with E-state index in [1.165, 1.54) is 7.11 Å². The van der Waals surface area contributed by atoms with Crippen LogP contribution in [0.3, 0.4) is 0 Å². The average molecular weight is 394 g/mol. The first kappa shape index (κ1) is 18.7. The monoisotopic (exact) mass is 393 g/mol. The Bertz CT molecular complexity index is 841. The predicted molar refractivity (Wildman–Crippen MR) is 101 cm³/mol. The quantitative estimate of drug-likeness (QED) is 0.782. The van der Waals surface area contributed by atoms with Crippen LogP contribution in [0.2, 0.25) is 10.0 Å². The second kappa shape index (κ2) is 8.08. The molecular weight excluding hydrogens is 375 g/mol. The number of hydrogen-bond donors (Lipinski definition) is 2. The van der Waals surface area contributed by atoms with Crippen molar-refractivity contribution in [3.05, 3.63) is 63.6 Å². The summed E-state index contributed by atoms with van der Waals surface area (Å²) < 4.78 is 4.94. The molecule has 0 aromatic heterocycles. The summed E-state index contributed by atoms with van der Waals surface area (Å²) in [4.78, 5) is 25.6. The lowest BCUT2D eigenvalue weighted by molar-refractivity contribution is -0.924. The number of hydrogen-bond acceptors (Lipinski definition) is 3. The third-order valence-corrected chi connectivity index (χ3v) is 5.37. The number of nitrogens with one attached hydrogen (secondary N) is 2. The smallest absolute Gasteiger partial charge is 0.365 e. The predicted octanol–water partition coefficient (Wildman–Crippen LogP) is 2.11. The van der Waals surface area contributed by atoms with Gasteiger partial charge in [-0.05, 0) is 17.7 Å². The van der Waals surface area contributed by atoms with Gasteiger partial charge in [-0.3, -0.25) is 4.79 Å². The highest BCUT2D eigenvalue weighted by atomic mass is 35.5. The zero-order valence-corrected chi connectivity index (χ0v) is 15.7. The molecule has 1 unspecified atom stereocenters. The Morgan fingerprint density at radius 3 is 2.62 bits per heavy atom. The average Bonchev–Trinajstić information content (AvgIpc) is 2.64. The van der Waals surface area contributed by atoms with Gasteiger partial charge in [0.2, 0.25) is 0 Å². The molecular formula is C19H19Cl2N2O3+. The summed E-state index contributed by atoms with van der Waals surface area (Å²) >= 11 is 12.1. The van der Waals surface area contributed by atoms with Crippen LogP contribution in [0.15, 0.2) is 42.5 Å². The molecule has 0 saturated heterocycles. The molecule has 0 fully saturated rings. The van der Waals surface area contributed by atoms with Crippen LogP contribution in [0.5, 0.6) is 0 Å². The molecule has 2 aromatic rings. The van der Waals surface area contributed by atoms with Gasteiger partial charge in [-0.2, -0.15) is 0 Å². The summed E-state index contributed by atoms with van der Waals surface area (Å²) in [6.07, 6.45) is 0.545. The zero-order valence-electron chi connectivity index (χ0n) is 14.2. The van der Waals surface area contributed by atoms with Crippen LogP contribution >= 0.6 is 23.2 Å². The number of esters is 1. The van der Waals surface area contributed by atoms with E-state index in [1.807, 2.05) is 24.3 Å². The zero-order chi connectivity index (χ0) is 18.7. The molecule has 0 aliphatic carbocycles. The van der Waals surface area contributed by atoms with Crippen LogP contribution in [-0.4, -0.2) is 31.6 Å². The summed E-state index contributed by atoms with van der Waals surface area (Å²) in [5.41, 5.74) is 2.71. The molecule has 1 heterocycles. The Kier molecular flexibility index (Phi) is 5.81. The highest BCUT2D eigenvalue weighted by Gasteiger charge is 2.37. The third kappa shape index (κ3) is 4.01. The van der Waals surface area contributed by atoms with E-state index in [2.05, 4.69) is 5.32 Å². The number of ether oxygens (including phenoxy) is 1. The lowest BCUT2D eigenvalue weighted by atomic mass is 9.94. The van der Waals surface area contributed by atoms with Crippen LogP contribution in [0.4, 0.5) is 5.69 Å². The number of quaternary nitrogens is 1. The summed E-state index contributed by atoms with van der Waals surface area (Å²) in [6, 6.07) is 12.6. The maximum Gasteiger partial charge on any atom is 0.365 e. The maximum atomic E-state index is 12.5. The lowest BCUT2D eigenvalue weighted by Crippen LogP contribution is -3.17. The van der Waals surface area contributed by atoms with Crippen molar-refractivity contribution in [2.75, 3.05) is 19.0 Å². The van der Waals surface area contributed by atoms with Crippen molar-refractivity contribution in [2.24, 2.45) is 0 Å². The molecule has 2 atom stereocenters. The van der Waals surface area contributed by atoms with Crippen molar-refractivity contribution in [3.63, 3.8) is 0 Å². The van der Waals surface area contributed by atoms with Gasteiger partial charge in [0.1, 0.15) is 6.54 Å². The maximum absolute atomic E-state index is 12.5. The van der Waals surface area contributed by atoms with E-state index in [0.717, 1.165) is 16.0 Å². The van der Waals surface area contributed by atoms with Crippen molar-refractivity contribution in [3.8, 4) is 0 Å². The molecule has 1 amide bonds. The number of anilines is 1. The van der Waals surface area contributed by atoms with Crippen molar-refractivity contribution in [1.29, 1.82) is 0 Å². The molecule has 2 aromatic carbocycles. The molecule has 0 radical (unpaired) electrons. The molecule has 1 aliphatic heterocycles. The minimum absolute atomic E-state index is 0.122. The molecule has 3 rings (SSSR count). The molecule has 0 saturated carbocycles. The molecule has 1 aliphatic rings. The van der Waals surface area contributed by atoms with E-state index in [0.29, 0.717) is 28.7 Å². The van der Waals surface area contributed by atoms with Gasteiger partial charge < -0.3 is 15.0 Å². The third-order valence-electron chi connectivity index (χ3n) is 4.55. The van der Waals surface area contributed by atoms with Crippen LogP contribution in [0.1, 0.15) is 11.1 Å². The lowest BCUT2D eigenvalue weighted by Gasteiger charge is -2.31. The van der Waals surface area contributed by atoms with Crippen molar-refractivity contribution in [1.82, 2.24) is 0 Å². The van der Waals surface area contributed by atoms with Gasteiger partial charge in [-0.25, -0.2) is 4.79 Å². The number of methoxy groups -OCH3 is 1. The molecule has 136 valence electrons. The fraction of sp³-hybridized carbons (Fsp3) is 0.263. The first-order valence-electron chi connectivity index (χ1n) is 8.22. The van der Waals surface area contributed by atoms with E-state index >= 15 is 0 Å². The van der Waals surface area contributed by atoms with E-state index in [4.69, 9.17) is 27.9 Å². The summed E-state index contributed by atoms with van der Waals surface area (Å²) in [6.45, 7) is 0.698. The fourth-order valence-corrected chi connectivity index (χ4v) is 3.59. The van der Waals surface area contributed by atoms with Gasteiger partial charge in [0.15, 0.2) is 12.6 Å². The van der Waals surface area contributed by atoms with Crippen LogP contribution < -0.4 is 10.2 Å². The molecule has 2 N–H and O–H groups in total. The van der Waals surface area contributed by atoms with E-state index < -0.39 is 6.04 Å². The largest absolute Gasteiger partial charge is 0.465 e. The van der Waals surface area contributed by atoms with E-state index in [1.54, 1.807) is 18.2 Å². The van der Waals surface area contributed by atoms with E-state index in [9.17, 15) is 9.59 Å². The number of rotatable bonds is 4. The Hall–Kier alpha value is -2.08. The van der Waals surface area contributed by atoms with Gasteiger partial charge in [-0.1, -0.05) is 53.5 Å². The molecule has 26 heavy (non-hydrogen) atoms. The second-order valence-corrected chi connectivity index (χ2v) is 7.00. The molecule has 7 heteroatoms. The van der Waals surface area contributed by atoms with Gasteiger partial charge >= 0.3 is 5.97 Å². The fourth-order valence-electron chi connectivity index (χ4n) is 3.24. The number of carbonyl (C=O) groups excluding carboxylic acids is 2. The Labute approximate surface area is 161 Å². The first-order valence-corrected chi connectivity index (χ1v) is 8.98. The van der Waals surface area contributed by atoms with Gasteiger partial charge in [0, 0.05) is 12.0 Å². The normalized spacial score (nSPS) is 18.7. The van der Waals surface area contributed by atoms with E-state index in [-0.39, 0.29) is 18.4 Å². The Morgan fingerprint density at radius 1 is 1.15 bits per heavy atom. The van der Waals surface area contributed by atoms with Crippen molar-refractivity contribution >= 4 is 40.8 Å². The van der Waals surface area contributed by atoms with Gasteiger partial charge in [0.25, 0.3) is 5.91 Å². The van der Waals surface area contributed by atoms with Crippen LogP contribution in [0, 0.1) is 0 Å². The number of carbonyl (C=O) groups is 2. The molecule has 0 bridgehead atoms. The SMILES string of the molecule is COC(=O)[C@H]1Cc2ccccc2C[NH+]1CC(=O)Nc1cccc(Cl)c1Cl. The first-order chi connectivity index (χ1) is 12.5. The minimum atomic E-state index is -0.421. The summed E-state index contributed by atoms with van der Waals surface area (Å²) in [5.74, 6) is -0.555. The van der Waals surface area contributed by atoms with Gasteiger partial charge in [0.05, 0.1) is 22.8 Å². The minimum Gasteiger partial charge on any atom is -0.465 e. The second-order valence-electron chi connectivity index (χ2n) is 6.21. The van der Waals surface area contributed by atoms with Crippen LogP contribution in [-0.2, 0) is 27.3 Å². The highest BCUT2D eigenvalue weighted by molar-refractivity contribution is 6.43. The Morgan fingerprint density at radius 2 is 1.88 bits per heavy atom. The molecule has 0 spiro atoms. The van der Waals surface area contributed by atoms with Crippen molar-refractivity contribution in [2.45, 2.75) is 19.0 Å². The topological polar surface area (TPSA) is 59.8 Å². The Balaban J connectivity index is 1.76. The van der Waals surface area contributed by atoms with Crippen molar-refractivity contribution < 1.29 is 19.2 Å². The number of halogens is 2. The number of amides is 1.